The summed E-state index contributed by atoms with van der Waals surface area (Å²) in [7, 11) is 0. The lowest BCUT2D eigenvalue weighted by Crippen LogP contribution is -2.45. The van der Waals surface area contributed by atoms with Gasteiger partial charge in [-0.25, -0.2) is 4.79 Å². The summed E-state index contributed by atoms with van der Waals surface area (Å²) < 4.78 is 0.607. The van der Waals surface area contributed by atoms with Crippen molar-refractivity contribution in [3.05, 3.63) is 28.2 Å². The van der Waals surface area contributed by atoms with Crippen molar-refractivity contribution in [1.82, 2.24) is 5.32 Å². The van der Waals surface area contributed by atoms with Crippen LogP contribution in [0, 0.1) is 5.92 Å². The molecule has 4 N–H and O–H groups in total. The third kappa shape index (κ3) is 3.96. The molecule has 0 saturated heterocycles. The minimum Gasteiger partial charge on any atom is -0.480 e. The number of carbonyl (C=O) groups is 2. The number of carboxylic acids is 1. The second-order valence-corrected chi connectivity index (χ2v) is 5.27. The van der Waals surface area contributed by atoms with E-state index >= 15 is 0 Å². The maximum Gasteiger partial charge on any atom is 0.326 e. The predicted octanol–water partition coefficient (Wildman–Crippen LogP) is 2.26. The van der Waals surface area contributed by atoms with Crippen LogP contribution in [-0.2, 0) is 4.79 Å². The molecular weight excluding hydrogens is 312 g/mol. The number of anilines is 1. The van der Waals surface area contributed by atoms with Gasteiger partial charge in [0.25, 0.3) is 5.91 Å². The molecule has 0 heterocycles. The molecule has 0 aromatic heterocycles. The second kappa shape index (κ2) is 6.56. The van der Waals surface area contributed by atoms with Gasteiger partial charge in [-0.3, -0.25) is 4.79 Å². The van der Waals surface area contributed by atoms with Crippen LogP contribution in [0.15, 0.2) is 22.7 Å². The summed E-state index contributed by atoms with van der Waals surface area (Å²) in [6.45, 7) is 3.67. The number of hydrogen-bond donors (Lipinski definition) is 3. The molecule has 0 bridgehead atoms. The molecule has 0 aliphatic heterocycles. The largest absolute Gasteiger partial charge is 0.480 e. The zero-order valence-corrected chi connectivity index (χ0v) is 12.4. The Hall–Kier alpha value is -1.56. The summed E-state index contributed by atoms with van der Waals surface area (Å²) in [6.07, 6.45) is 0.669. The Morgan fingerprint density at radius 2 is 2.11 bits per heavy atom. The summed E-state index contributed by atoms with van der Waals surface area (Å²) in [6, 6.07) is 3.83. The predicted molar refractivity (Wildman–Crippen MR) is 76.9 cm³/mol. The molecule has 0 aliphatic carbocycles. The van der Waals surface area contributed by atoms with Crippen molar-refractivity contribution in [2.24, 2.45) is 5.92 Å². The van der Waals surface area contributed by atoms with Gasteiger partial charge in [0.2, 0.25) is 0 Å². The molecular formula is C13H17BrN2O3. The van der Waals surface area contributed by atoms with Crippen LogP contribution in [-0.4, -0.2) is 23.0 Å². The molecule has 1 aromatic carbocycles. The number of amides is 1. The molecule has 0 radical (unpaired) electrons. The molecule has 1 amide bonds. The zero-order chi connectivity index (χ0) is 14.6. The molecule has 0 aliphatic rings. The van der Waals surface area contributed by atoms with Gasteiger partial charge in [-0.2, -0.15) is 0 Å². The van der Waals surface area contributed by atoms with E-state index in [1.165, 1.54) is 0 Å². The van der Waals surface area contributed by atoms with E-state index in [1.54, 1.807) is 25.1 Å². The molecule has 2 atom stereocenters. The first-order valence-corrected chi connectivity index (χ1v) is 6.74. The van der Waals surface area contributed by atoms with Crippen LogP contribution in [0.3, 0.4) is 0 Å². The molecule has 6 heteroatoms. The number of nitrogens with one attached hydrogen (secondary N) is 1. The SMILES string of the molecule is CCC(C)[C@H](NC(=O)c1ccc(N)c(Br)c1)C(=O)O. The van der Waals surface area contributed by atoms with Gasteiger partial charge >= 0.3 is 5.97 Å². The van der Waals surface area contributed by atoms with Crippen molar-refractivity contribution in [3.8, 4) is 0 Å². The van der Waals surface area contributed by atoms with E-state index in [-0.39, 0.29) is 5.92 Å². The van der Waals surface area contributed by atoms with E-state index in [2.05, 4.69) is 21.2 Å². The van der Waals surface area contributed by atoms with Gasteiger partial charge in [0.1, 0.15) is 6.04 Å². The van der Waals surface area contributed by atoms with Gasteiger partial charge in [0.05, 0.1) is 0 Å². The quantitative estimate of drug-likeness (QED) is 0.723. The number of hydrogen-bond acceptors (Lipinski definition) is 3. The van der Waals surface area contributed by atoms with E-state index in [4.69, 9.17) is 10.8 Å². The minimum absolute atomic E-state index is 0.140. The van der Waals surface area contributed by atoms with Crippen LogP contribution < -0.4 is 11.1 Å². The first-order valence-electron chi connectivity index (χ1n) is 5.95. The highest BCUT2D eigenvalue weighted by Gasteiger charge is 2.25. The average Bonchev–Trinajstić information content (AvgIpc) is 2.37. The van der Waals surface area contributed by atoms with Crippen LogP contribution in [0.25, 0.3) is 0 Å². The molecule has 5 nitrogen and oxygen atoms in total. The fourth-order valence-corrected chi connectivity index (χ4v) is 1.95. The number of nitrogen functional groups attached to an aromatic ring is 1. The second-order valence-electron chi connectivity index (χ2n) is 4.41. The Labute approximate surface area is 120 Å². The summed E-state index contributed by atoms with van der Waals surface area (Å²) in [5.74, 6) is -1.59. The Bertz CT molecular complexity index is 491. The number of carboxylic acid groups (broad SMARTS) is 1. The Morgan fingerprint density at radius 1 is 1.47 bits per heavy atom. The number of nitrogens with two attached hydrogens (primary N) is 1. The van der Waals surface area contributed by atoms with Gasteiger partial charge in [0.15, 0.2) is 0 Å². The van der Waals surface area contributed by atoms with Crippen LogP contribution in [0.4, 0.5) is 5.69 Å². The third-order valence-electron chi connectivity index (χ3n) is 3.03. The molecule has 1 aromatic rings. The normalized spacial score (nSPS) is 13.6. The van der Waals surface area contributed by atoms with Crippen molar-refractivity contribution in [3.63, 3.8) is 0 Å². The van der Waals surface area contributed by atoms with E-state index in [9.17, 15) is 9.59 Å². The number of aliphatic carboxylic acids is 1. The fourth-order valence-electron chi connectivity index (χ4n) is 1.58. The average molecular weight is 329 g/mol. The highest BCUT2D eigenvalue weighted by molar-refractivity contribution is 9.10. The van der Waals surface area contributed by atoms with E-state index < -0.39 is 17.9 Å². The summed E-state index contributed by atoms with van der Waals surface area (Å²) in [5.41, 5.74) is 6.53. The Balaban J connectivity index is 2.87. The number of carbonyl (C=O) groups excluding carboxylic acids is 1. The van der Waals surface area contributed by atoms with Crippen molar-refractivity contribution < 1.29 is 14.7 Å². The molecule has 1 rings (SSSR count). The van der Waals surface area contributed by atoms with E-state index in [0.717, 1.165) is 0 Å². The topological polar surface area (TPSA) is 92.4 Å². The molecule has 1 unspecified atom stereocenters. The molecule has 19 heavy (non-hydrogen) atoms. The Morgan fingerprint density at radius 3 is 2.58 bits per heavy atom. The number of halogens is 1. The summed E-state index contributed by atoms with van der Waals surface area (Å²) >= 11 is 3.23. The van der Waals surface area contributed by atoms with Crippen molar-refractivity contribution in [2.45, 2.75) is 26.3 Å². The van der Waals surface area contributed by atoms with Crippen molar-refractivity contribution in [2.75, 3.05) is 5.73 Å². The lowest BCUT2D eigenvalue weighted by Gasteiger charge is -2.20. The van der Waals surface area contributed by atoms with Crippen LogP contribution >= 0.6 is 15.9 Å². The van der Waals surface area contributed by atoms with Gasteiger partial charge in [-0.05, 0) is 40.0 Å². The molecule has 0 saturated carbocycles. The van der Waals surface area contributed by atoms with Gasteiger partial charge in [0, 0.05) is 15.7 Å². The Kier molecular flexibility index (Phi) is 5.35. The maximum absolute atomic E-state index is 12.0. The summed E-state index contributed by atoms with van der Waals surface area (Å²) in [5, 5.41) is 11.7. The van der Waals surface area contributed by atoms with Crippen LogP contribution in [0.5, 0.6) is 0 Å². The zero-order valence-electron chi connectivity index (χ0n) is 10.8. The van der Waals surface area contributed by atoms with Crippen molar-refractivity contribution in [1.29, 1.82) is 0 Å². The monoisotopic (exact) mass is 328 g/mol. The van der Waals surface area contributed by atoms with Crippen LogP contribution in [0.1, 0.15) is 30.6 Å². The summed E-state index contributed by atoms with van der Waals surface area (Å²) in [4.78, 5) is 23.2. The highest BCUT2D eigenvalue weighted by atomic mass is 79.9. The van der Waals surface area contributed by atoms with E-state index in [1.807, 2.05) is 6.92 Å². The van der Waals surface area contributed by atoms with Gasteiger partial charge in [-0.1, -0.05) is 20.3 Å². The van der Waals surface area contributed by atoms with E-state index in [0.29, 0.717) is 22.1 Å². The van der Waals surface area contributed by atoms with Gasteiger partial charge < -0.3 is 16.2 Å². The maximum atomic E-state index is 12.0. The molecule has 104 valence electrons. The fraction of sp³-hybridized carbons (Fsp3) is 0.385. The standard InChI is InChI=1S/C13H17BrN2O3/c1-3-7(2)11(13(18)19)16-12(17)8-4-5-10(15)9(14)6-8/h4-7,11H,3,15H2,1-2H3,(H,16,17)(H,18,19)/t7?,11-/m0/s1. The van der Waals surface area contributed by atoms with Gasteiger partial charge in [-0.15, -0.1) is 0 Å². The first kappa shape index (κ1) is 15.5. The minimum atomic E-state index is -1.03. The number of rotatable bonds is 5. The highest BCUT2D eigenvalue weighted by Crippen LogP contribution is 2.20. The molecule has 0 fully saturated rings. The van der Waals surface area contributed by atoms with Crippen LogP contribution in [0.2, 0.25) is 0 Å². The number of benzene rings is 1. The van der Waals surface area contributed by atoms with Crippen molar-refractivity contribution >= 4 is 33.5 Å². The lowest BCUT2D eigenvalue weighted by molar-refractivity contribution is -0.140. The third-order valence-corrected chi connectivity index (χ3v) is 3.72. The molecule has 0 spiro atoms. The lowest BCUT2D eigenvalue weighted by atomic mass is 9.99. The first-order chi connectivity index (χ1) is 8.86. The smallest absolute Gasteiger partial charge is 0.326 e.